The van der Waals surface area contributed by atoms with Gasteiger partial charge in [-0.2, -0.15) is 0 Å². The molecule has 1 fully saturated rings. The zero-order valence-electron chi connectivity index (χ0n) is 11.4. The van der Waals surface area contributed by atoms with Crippen molar-refractivity contribution in [2.24, 2.45) is 0 Å². The summed E-state index contributed by atoms with van der Waals surface area (Å²) in [5, 5.41) is 0.942. The van der Waals surface area contributed by atoms with E-state index in [-0.39, 0.29) is 11.4 Å². The molecule has 2 heterocycles. The van der Waals surface area contributed by atoms with E-state index in [2.05, 4.69) is 18.8 Å². The number of para-hydroxylation sites is 1. The molecule has 0 N–H and O–H groups in total. The van der Waals surface area contributed by atoms with Crippen LogP contribution in [-0.4, -0.2) is 27.9 Å². The van der Waals surface area contributed by atoms with Crippen molar-refractivity contribution in [1.29, 1.82) is 0 Å². The lowest BCUT2D eigenvalue weighted by Gasteiger charge is -2.32. The predicted octanol–water partition coefficient (Wildman–Crippen LogP) is 3.25. The quantitative estimate of drug-likeness (QED) is 0.782. The molecule has 0 bridgehead atoms. The summed E-state index contributed by atoms with van der Waals surface area (Å²) in [5.74, 6) is 0.126. The van der Waals surface area contributed by atoms with Crippen molar-refractivity contribution >= 4 is 16.8 Å². The van der Waals surface area contributed by atoms with Crippen LogP contribution in [0, 0.1) is 0 Å². The molecule has 1 aliphatic rings. The summed E-state index contributed by atoms with van der Waals surface area (Å²) in [4.78, 5) is 19.1. The van der Waals surface area contributed by atoms with Crippen molar-refractivity contribution < 1.29 is 4.79 Å². The van der Waals surface area contributed by atoms with Gasteiger partial charge in [-0.25, -0.2) is 0 Å². The molecule has 0 saturated carbocycles. The van der Waals surface area contributed by atoms with Gasteiger partial charge in [-0.15, -0.1) is 0 Å². The Bertz CT molecular complexity index is 628. The van der Waals surface area contributed by atoms with Crippen molar-refractivity contribution in [2.75, 3.05) is 6.54 Å². The maximum Gasteiger partial charge on any atom is 0.255 e. The molecule has 19 heavy (non-hydrogen) atoms. The molecule has 1 saturated heterocycles. The molecule has 1 amide bonds. The number of likely N-dealkylation sites (tertiary alicyclic amines) is 1. The third-order valence-corrected chi connectivity index (χ3v) is 4.03. The molecule has 3 nitrogen and oxygen atoms in total. The van der Waals surface area contributed by atoms with Crippen LogP contribution in [0.15, 0.2) is 36.5 Å². The van der Waals surface area contributed by atoms with E-state index >= 15 is 0 Å². The van der Waals surface area contributed by atoms with Crippen LogP contribution in [0.1, 0.15) is 37.0 Å². The molecular formula is C16H18N2O. The second kappa shape index (κ2) is 4.34. The molecule has 3 rings (SSSR count). The summed E-state index contributed by atoms with van der Waals surface area (Å²) >= 11 is 0. The highest BCUT2D eigenvalue weighted by atomic mass is 16.2. The number of benzene rings is 1. The topological polar surface area (TPSA) is 33.2 Å². The zero-order valence-corrected chi connectivity index (χ0v) is 11.4. The Morgan fingerprint density at radius 1 is 1.26 bits per heavy atom. The first-order chi connectivity index (χ1) is 9.09. The molecule has 2 aromatic rings. The highest BCUT2D eigenvalue weighted by Crippen LogP contribution is 2.31. The first-order valence-electron chi connectivity index (χ1n) is 6.75. The van der Waals surface area contributed by atoms with E-state index < -0.39 is 0 Å². The van der Waals surface area contributed by atoms with Gasteiger partial charge in [0.05, 0.1) is 11.1 Å². The minimum Gasteiger partial charge on any atom is -0.334 e. The van der Waals surface area contributed by atoms with E-state index in [1.54, 1.807) is 6.20 Å². The Kier molecular flexibility index (Phi) is 2.77. The molecule has 0 unspecified atom stereocenters. The maximum atomic E-state index is 12.8. The van der Waals surface area contributed by atoms with Gasteiger partial charge in [0.15, 0.2) is 0 Å². The smallest absolute Gasteiger partial charge is 0.255 e. The molecule has 0 atom stereocenters. The SMILES string of the molecule is CC1(C)CCCN1C(=O)c1ccnc2ccccc12. The lowest BCUT2D eigenvalue weighted by molar-refractivity contribution is 0.0654. The van der Waals surface area contributed by atoms with Crippen molar-refractivity contribution in [3.8, 4) is 0 Å². The summed E-state index contributed by atoms with van der Waals surface area (Å²) in [6.45, 7) is 5.13. The molecule has 1 aliphatic heterocycles. The van der Waals surface area contributed by atoms with Gasteiger partial charge in [-0.1, -0.05) is 18.2 Å². The van der Waals surface area contributed by atoms with Crippen molar-refractivity contribution in [1.82, 2.24) is 9.88 Å². The van der Waals surface area contributed by atoms with Crippen molar-refractivity contribution in [3.63, 3.8) is 0 Å². The van der Waals surface area contributed by atoms with Crippen LogP contribution in [-0.2, 0) is 0 Å². The zero-order chi connectivity index (χ0) is 13.5. The number of nitrogens with zero attached hydrogens (tertiary/aromatic N) is 2. The molecule has 98 valence electrons. The van der Waals surface area contributed by atoms with E-state index in [4.69, 9.17) is 0 Å². The Labute approximate surface area is 113 Å². The summed E-state index contributed by atoms with van der Waals surface area (Å²) in [5.41, 5.74) is 1.60. The number of rotatable bonds is 1. The molecular weight excluding hydrogens is 236 g/mol. The van der Waals surface area contributed by atoms with Crippen LogP contribution in [0.25, 0.3) is 10.9 Å². The highest BCUT2D eigenvalue weighted by molar-refractivity contribution is 6.06. The fourth-order valence-electron chi connectivity index (χ4n) is 2.91. The lowest BCUT2D eigenvalue weighted by Crippen LogP contribution is -2.42. The summed E-state index contributed by atoms with van der Waals surface area (Å²) in [6.07, 6.45) is 3.88. The minimum absolute atomic E-state index is 0.0402. The maximum absolute atomic E-state index is 12.8. The Morgan fingerprint density at radius 3 is 2.79 bits per heavy atom. The Balaban J connectivity index is 2.07. The van der Waals surface area contributed by atoms with Crippen LogP contribution in [0.3, 0.4) is 0 Å². The van der Waals surface area contributed by atoms with Crippen molar-refractivity contribution in [3.05, 3.63) is 42.1 Å². The van der Waals surface area contributed by atoms with Gasteiger partial charge in [-0.05, 0) is 38.8 Å². The van der Waals surface area contributed by atoms with Gasteiger partial charge in [0.1, 0.15) is 0 Å². The van der Waals surface area contributed by atoms with Crippen LogP contribution < -0.4 is 0 Å². The monoisotopic (exact) mass is 254 g/mol. The normalized spacial score (nSPS) is 17.9. The number of fused-ring (bicyclic) bond motifs is 1. The number of amides is 1. The van der Waals surface area contributed by atoms with Gasteiger partial charge in [-0.3, -0.25) is 9.78 Å². The molecule has 1 aromatic carbocycles. The van der Waals surface area contributed by atoms with E-state index in [1.165, 1.54) is 0 Å². The van der Waals surface area contributed by atoms with E-state index in [1.807, 2.05) is 35.2 Å². The van der Waals surface area contributed by atoms with E-state index in [9.17, 15) is 4.79 Å². The lowest BCUT2D eigenvalue weighted by atomic mass is 10.0. The summed E-state index contributed by atoms with van der Waals surface area (Å²) in [7, 11) is 0. The van der Waals surface area contributed by atoms with Crippen LogP contribution in [0.5, 0.6) is 0 Å². The highest BCUT2D eigenvalue weighted by Gasteiger charge is 2.36. The number of carbonyl (C=O) groups excluding carboxylic acids is 1. The van der Waals surface area contributed by atoms with Gasteiger partial charge >= 0.3 is 0 Å². The Hall–Kier alpha value is -1.90. The summed E-state index contributed by atoms with van der Waals surface area (Å²) < 4.78 is 0. The van der Waals surface area contributed by atoms with E-state index in [0.29, 0.717) is 0 Å². The Morgan fingerprint density at radius 2 is 2.05 bits per heavy atom. The van der Waals surface area contributed by atoms with Crippen LogP contribution >= 0.6 is 0 Å². The largest absolute Gasteiger partial charge is 0.334 e. The number of pyridine rings is 1. The van der Waals surface area contributed by atoms with Crippen LogP contribution in [0.4, 0.5) is 0 Å². The van der Waals surface area contributed by atoms with Crippen molar-refractivity contribution in [2.45, 2.75) is 32.2 Å². The first kappa shape index (κ1) is 12.2. The standard InChI is InChI=1S/C16H18N2O/c1-16(2)9-5-11-18(16)15(19)13-8-10-17-14-7-4-3-6-12(13)14/h3-4,6-8,10H,5,9,11H2,1-2H3. The number of carbonyl (C=O) groups is 1. The second-order valence-corrected chi connectivity index (χ2v) is 5.75. The summed E-state index contributed by atoms with van der Waals surface area (Å²) in [6, 6.07) is 9.65. The third kappa shape index (κ3) is 1.99. The number of aromatic nitrogens is 1. The average Bonchev–Trinajstić information content (AvgIpc) is 2.77. The predicted molar refractivity (Wildman–Crippen MR) is 76.1 cm³/mol. The minimum atomic E-state index is -0.0402. The van der Waals surface area contributed by atoms with Gasteiger partial charge in [0, 0.05) is 23.7 Å². The molecule has 1 aromatic heterocycles. The third-order valence-electron chi connectivity index (χ3n) is 4.03. The van der Waals surface area contributed by atoms with Gasteiger partial charge < -0.3 is 4.90 Å². The molecule has 0 radical (unpaired) electrons. The van der Waals surface area contributed by atoms with Gasteiger partial charge in [0.2, 0.25) is 0 Å². The van der Waals surface area contributed by atoms with Gasteiger partial charge in [0.25, 0.3) is 5.91 Å². The van der Waals surface area contributed by atoms with Crippen LogP contribution in [0.2, 0.25) is 0 Å². The first-order valence-corrected chi connectivity index (χ1v) is 6.75. The molecule has 0 spiro atoms. The number of hydrogen-bond acceptors (Lipinski definition) is 2. The fraction of sp³-hybridized carbons (Fsp3) is 0.375. The molecule has 3 heteroatoms. The average molecular weight is 254 g/mol. The second-order valence-electron chi connectivity index (χ2n) is 5.75. The fourth-order valence-corrected chi connectivity index (χ4v) is 2.91. The number of hydrogen-bond donors (Lipinski definition) is 0. The molecule has 0 aliphatic carbocycles. The van der Waals surface area contributed by atoms with E-state index in [0.717, 1.165) is 35.9 Å².